The number of rotatable bonds is 7. The summed E-state index contributed by atoms with van der Waals surface area (Å²) >= 11 is 0. The van der Waals surface area contributed by atoms with E-state index in [4.69, 9.17) is 4.74 Å². The molecule has 0 bridgehead atoms. The second-order valence-corrected chi connectivity index (χ2v) is 7.58. The number of carbonyl (C=O) groups is 1. The summed E-state index contributed by atoms with van der Waals surface area (Å²) in [6.07, 6.45) is 9.60. The molecule has 3 aromatic rings. The standard InChI is InChI=1S/C21H25N5O2/c1-25(12-16-5-6-18(28-2)19-17(16)4-3-9-23-19)20(27)24-13-21(7-8-21)14-26-11-10-22-15-26/h3-6,9-11,15H,7-8,12-14H2,1-2H3,(H,24,27). The third kappa shape index (κ3) is 3.78. The van der Waals surface area contributed by atoms with Gasteiger partial charge in [-0.05, 0) is 30.5 Å². The van der Waals surface area contributed by atoms with E-state index >= 15 is 0 Å². The van der Waals surface area contributed by atoms with Crippen molar-refractivity contribution in [2.24, 2.45) is 5.41 Å². The monoisotopic (exact) mass is 379 g/mol. The number of nitrogens with zero attached hydrogens (tertiary/aromatic N) is 4. The molecule has 7 heteroatoms. The van der Waals surface area contributed by atoms with E-state index in [1.54, 1.807) is 24.4 Å². The zero-order valence-electron chi connectivity index (χ0n) is 16.3. The van der Waals surface area contributed by atoms with Crippen molar-refractivity contribution >= 4 is 16.9 Å². The number of nitrogens with one attached hydrogen (secondary N) is 1. The van der Waals surface area contributed by atoms with Crippen LogP contribution in [0, 0.1) is 5.41 Å². The Morgan fingerprint density at radius 1 is 1.32 bits per heavy atom. The van der Waals surface area contributed by atoms with Crippen molar-refractivity contribution in [3.05, 3.63) is 54.7 Å². The van der Waals surface area contributed by atoms with Crippen molar-refractivity contribution < 1.29 is 9.53 Å². The summed E-state index contributed by atoms with van der Waals surface area (Å²) in [4.78, 5) is 22.9. The first-order chi connectivity index (χ1) is 13.6. The third-order valence-corrected chi connectivity index (χ3v) is 5.45. The molecule has 0 radical (unpaired) electrons. The van der Waals surface area contributed by atoms with Gasteiger partial charge in [-0.3, -0.25) is 4.98 Å². The van der Waals surface area contributed by atoms with Gasteiger partial charge in [0.2, 0.25) is 0 Å². The van der Waals surface area contributed by atoms with Gasteiger partial charge in [0.25, 0.3) is 0 Å². The number of imidazole rings is 1. The second kappa shape index (κ2) is 7.50. The van der Waals surface area contributed by atoms with E-state index in [1.165, 1.54) is 0 Å². The van der Waals surface area contributed by atoms with Gasteiger partial charge in [-0.2, -0.15) is 0 Å². The van der Waals surface area contributed by atoms with E-state index in [2.05, 4.69) is 19.9 Å². The molecule has 4 rings (SSSR count). The molecular formula is C21H25N5O2. The number of aromatic nitrogens is 3. The maximum atomic E-state index is 12.6. The van der Waals surface area contributed by atoms with Crippen LogP contribution in [0.3, 0.4) is 0 Å². The van der Waals surface area contributed by atoms with Crippen LogP contribution in [0.1, 0.15) is 18.4 Å². The number of pyridine rings is 1. The first-order valence-electron chi connectivity index (χ1n) is 9.46. The lowest BCUT2D eigenvalue weighted by Gasteiger charge is -2.22. The van der Waals surface area contributed by atoms with Gasteiger partial charge in [0.05, 0.1) is 13.4 Å². The molecule has 0 saturated heterocycles. The number of methoxy groups -OCH3 is 1. The molecule has 1 aliphatic rings. The van der Waals surface area contributed by atoms with Gasteiger partial charge < -0.3 is 19.5 Å². The van der Waals surface area contributed by atoms with Crippen molar-refractivity contribution in [3.8, 4) is 5.75 Å². The van der Waals surface area contributed by atoms with Gasteiger partial charge in [0.15, 0.2) is 0 Å². The maximum absolute atomic E-state index is 12.6. The normalized spacial score (nSPS) is 14.6. The van der Waals surface area contributed by atoms with Crippen LogP contribution in [0.4, 0.5) is 4.79 Å². The Balaban J connectivity index is 1.39. The molecule has 0 spiro atoms. The van der Waals surface area contributed by atoms with Crippen molar-refractivity contribution in [2.75, 3.05) is 20.7 Å². The molecule has 2 amide bonds. The first kappa shape index (κ1) is 18.3. The number of fused-ring (bicyclic) bond motifs is 1. The van der Waals surface area contributed by atoms with Crippen LogP contribution in [0.2, 0.25) is 0 Å². The van der Waals surface area contributed by atoms with E-state index < -0.39 is 0 Å². The van der Waals surface area contributed by atoms with Gasteiger partial charge in [-0.1, -0.05) is 12.1 Å². The molecule has 2 heterocycles. The van der Waals surface area contributed by atoms with Crippen LogP contribution in [-0.4, -0.2) is 46.2 Å². The lowest BCUT2D eigenvalue weighted by Crippen LogP contribution is -2.40. The van der Waals surface area contributed by atoms with Gasteiger partial charge in [-0.25, -0.2) is 9.78 Å². The lowest BCUT2D eigenvalue weighted by atomic mass is 10.1. The average Bonchev–Trinajstić information content (AvgIpc) is 3.29. The van der Waals surface area contributed by atoms with Crippen molar-refractivity contribution in [2.45, 2.75) is 25.9 Å². The van der Waals surface area contributed by atoms with E-state index in [0.717, 1.165) is 41.6 Å². The molecular weight excluding hydrogens is 354 g/mol. The van der Waals surface area contributed by atoms with Crippen molar-refractivity contribution in [1.82, 2.24) is 24.8 Å². The molecule has 0 aliphatic heterocycles. The van der Waals surface area contributed by atoms with E-state index in [9.17, 15) is 4.79 Å². The summed E-state index contributed by atoms with van der Waals surface area (Å²) in [7, 11) is 3.46. The molecule has 1 aromatic carbocycles. The van der Waals surface area contributed by atoms with Crippen molar-refractivity contribution in [1.29, 1.82) is 0 Å². The predicted octanol–water partition coefficient (Wildman–Crippen LogP) is 3.06. The smallest absolute Gasteiger partial charge is 0.317 e. The molecule has 1 N–H and O–H groups in total. The summed E-state index contributed by atoms with van der Waals surface area (Å²) < 4.78 is 7.48. The Morgan fingerprint density at radius 2 is 2.18 bits per heavy atom. The average molecular weight is 379 g/mol. The van der Waals surface area contributed by atoms with E-state index in [-0.39, 0.29) is 11.4 Å². The van der Waals surface area contributed by atoms with Crippen LogP contribution in [-0.2, 0) is 13.1 Å². The van der Waals surface area contributed by atoms with Crippen LogP contribution in [0.25, 0.3) is 10.9 Å². The second-order valence-electron chi connectivity index (χ2n) is 7.58. The zero-order valence-corrected chi connectivity index (χ0v) is 16.3. The Hall–Kier alpha value is -3.09. The number of ether oxygens (including phenoxy) is 1. The quantitative estimate of drug-likeness (QED) is 0.685. The maximum Gasteiger partial charge on any atom is 0.317 e. The van der Waals surface area contributed by atoms with Gasteiger partial charge >= 0.3 is 6.03 Å². The van der Waals surface area contributed by atoms with Gasteiger partial charge in [-0.15, -0.1) is 0 Å². The summed E-state index contributed by atoms with van der Waals surface area (Å²) in [5, 5.41) is 4.10. The van der Waals surface area contributed by atoms with Crippen LogP contribution >= 0.6 is 0 Å². The number of amides is 2. The van der Waals surface area contributed by atoms with Gasteiger partial charge in [0.1, 0.15) is 11.3 Å². The minimum atomic E-state index is -0.0650. The zero-order chi connectivity index (χ0) is 19.6. The molecule has 0 unspecified atom stereocenters. The number of benzene rings is 1. The van der Waals surface area contributed by atoms with Gasteiger partial charge in [0, 0.05) is 56.1 Å². The van der Waals surface area contributed by atoms with E-state index in [0.29, 0.717) is 13.1 Å². The summed E-state index contributed by atoms with van der Waals surface area (Å²) in [6, 6.07) is 7.74. The van der Waals surface area contributed by atoms with Crippen LogP contribution in [0.15, 0.2) is 49.2 Å². The fourth-order valence-electron chi connectivity index (χ4n) is 3.57. The molecule has 0 atom stereocenters. The minimum Gasteiger partial charge on any atom is -0.494 e. The number of carbonyl (C=O) groups excluding carboxylic acids is 1. The first-order valence-corrected chi connectivity index (χ1v) is 9.46. The highest BCUT2D eigenvalue weighted by Crippen LogP contribution is 2.46. The number of hydrogen-bond acceptors (Lipinski definition) is 4. The fourth-order valence-corrected chi connectivity index (χ4v) is 3.57. The fraction of sp³-hybridized carbons (Fsp3) is 0.381. The summed E-state index contributed by atoms with van der Waals surface area (Å²) in [5.74, 6) is 0.738. The highest BCUT2D eigenvalue weighted by molar-refractivity contribution is 5.87. The predicted molar refractivity (Wildman–Crippen MR) is 107 cm³/mol. The highest BCUT2D eigenvalue weighted by Gasteiger charge is 2.43. The Bertz CT molecular complexity index is 966. The lowest BCUT2D eigenvalue weighted by molar-refractivity contribution is 0.203. The molecule has 1 aliphatic carbocycles. The topological polar surface area (TPSA) is 72.3 Å². The molecule has 28 heavy (non-hydrogen) atoms. The summed E-state index contributed by atoms with van der Waals surface area (Å²) in [5.41, 5.74) is 2.02. The largest absolute Gasteiger partial charge is 0.494 e. The van der Waals surface area contributed by atoms with Crippen molar-refractivity contribution in [3.63, 3.8) is 0 Å². The highest BCUT2D eigenvalue weighted by atomic mass is 16.5. The molecule has 7 nitrogen and oxygen atoms in total. The Labute approximate surface area is 164 Å². The molecule has 2 aromatic heterocycles. The molecule has 1 saturated carbocycles. The minimum absolute atomic E-state index is 0.0650. The molecule has 1 fully saturated rings. The molecule has 146 valence electrons. The SMILES string of the molecule is COc1ccc(CN(C)C(=O)NCC2(Cn3ccnc3)CC2)c2cccnc12. The van der Waals surface area contributed by atoms with Crippen LogP contribution in [0.5, 0.6) is 5.75 Å². The number of urea groups is 1. The summed E-state index contributed by atoms with van der Waals surface area (Å²) in [6.45, 7) is 2.08. The number of hydrogen-bond donors (Lipinski definition) is 1. The van der Waals surface area contributed by atoms with Crippen LogP contribution < -0.4 is 10.1 Å². The Morgan fingerprint density at radius 3 is 2.89 bits per heavy atom. The third-order valence-electron chi connectivity index (χ3n) is 5.45. The Kier molecular flexibility index (Phi) is 4.90. The van der Waals surface area contributed by atoms with E-state index in [1.807, 2.05) is 43.8 Å².